The van der Waals surface area contributed by atoms with E-state index in [0.717, 1.165) is 5.69 Å². The van der Waals surface area contributed by atoms with Gasteiger partial charge in [-0.25, -0.2) is 0 Å². The molecule has 0 spiro atoms. The van der Waals surface area contributed by atoms with Crippen molar-refractivity contribution in [2.24, 2.45) is 17.3 Å². The third-order valence-corrected chi connectivity index (χ3v) is 3.83. The molecule has 1 aliphatic carbocycles. The number of amides is 1. The van der Waals surface area contributed by atoms with E-state index in [1.54, 1.807) is 7.05 Å². The van der Waals surface area contributed by atoms with Crippen LogP contribution in [0.3, 0.4) is 0 Å². The second kappa shape index (κ2) is 4.12. The fourth-order valence-corrected chi connectivity index (χ4v) is 2.55. The van der Waals surface area contributed by atoms with Gasteiger partial charge < -0.3 is 10.0 Å². The Labute approximate surface area is 106 Å². The molecule has 96 valence electrons. The molecule has 1 aromatic rings. The molecule has 0 aromatic heterocycles. The summed E-state index contributed by atoms with van der Waals surface area (Å²) < 4.78 is 0. The van der Waals surface area contributed by atoms with Gasteiger partial charge in [0.1, 0.15) is 0 Å². The van der Waals surface area contributed by atoms with Gasteiger partial charge in [-0.15, -0.1) is 0 Å². The van der Waals surface area contributed by atoms with Crippen LogP contribution in [-0.2, 0) is 9.59 Å². The molecule has 1 N–H and O–H groups in total. The zero-order chi connectivity index (χ0) is 13.5. The van der Waals surface area contributed by atoms with E-state index in [0.29, 0.717) is 0 Å². The number of carboxylic acid groups (broad SMARTS) is 1. The molecule has 4 heteroatoms. The molecule has 0 saturated heterocycles. The highest BCUT2D eigenvalue weighted by Gasteiger charge is 2.66. The van der Waals surface area contributed by atoms with E-state index in [1.807, 2.05) is 44.2 Å². The molecular formula is C14H17NO3. The Kier molecular flexibility index (Phi) is 2.89. The lowest BCUT2D eigenvalue weighted by atomic mass is 10.1. The summed E-state index contributed by atoms with van der Waals surface area (Å²) in [6, 6.07) is 9.26. The van der Waals surface area contributed by atoms with Gasteiger partial charge in [-0.1, -0.05) is 32.0 Å². The molecule has 0 aliphatic heterocycles. The molecule has 0 unspecified atom stereocenters. The molecule has 0 radical (unpaired) electrons. The zero-order valence-corrected chi connectivity index (χ0v) is 10.8. The Morgan fingerprint density at radius 3 is 2.17 bits per heavy atom. The number of nitrogens with zero attached hydrogens (tertiary/aromatic N) is 1. The Morgan fingerprint density at radius 1 is 1.17 bits per heavy atom. The third kappa shape index (κ3) is 1.88. The average molecular weight is 247 g/mol. The SMILES string of the molecule is CN(C(=O)[C@H]1[C@@H](C(=O)O)C1(C)C)c1ccccc1. The summed E-state index contributed by atoms with van der Waals surface area (Å²) in [5.74, 6) is -2.02. The molecule has 1 aliphatic rings. The van der Waals surface area contributed by atoms with Crippen LogP contribution in [0.2, 0.25) is 0 Å². The van der Waals surface area contributed by atoms with Crippen LogP contribution in [0.25, 0.3) is 0 Å². The van der Waals surface area contributed by atoms with Crippen molar-refractivity contribution in [3.05, 3.63) is 30.3 Å². The lowest BCUT2D eigenvalue weighted by molar-refractivity contribution is -0.140. The highest BCUT2D eigenvalue weighted by Crippen LogP contribution is 2.59. The van der Waals surface area contributed by atoms with Gasteiger partial charge in [-0.05, 0) is 17.5 Å². The fourth-order valence-electron chi connectivity index (χ4n) is 2.55. The van der Waals surface area contributed by atoms with Crippen LogP contribution in [0, 0.1) is 17.3 Å². The van der Waals surface area contributed by atoms with E-state index >= 15 is 0 Å². The van der Waals surface area contributed by atoms with E-state index in [9.17, 15) is 9.59 Å². The normalized spacial score (nSPS) is 24.4. The van der Waals surface area contributed by atoms with Crippen molar-refractivity contribution in [3.8, 4) is 0 Å². The van der Waals surface area contributed by atoms with Gasteiger partial charge in [-0.2, -0.15) is 0 Å². The molecule has 4 nitrogen and oxygen atoms in total. The fraction of sp³-hybridized carbons (Fsp3) is 0.429. The van der Waals surface area contributed by atoms with Gasteiger partial charge in [0.05, 0.1) is 11.8 Å². The number of carbonyl (C=O) groups excluding carboxylic acids is 1. The number of hydrogen-bond donors (Lipinski definition) is 1. The Hall–Kier alpha value is -1.84. The van der Waals surface area contributed by atoms with Gasteiger partial charge in [0.25, 0.3) is 0 Å². The molecule has 1 saturated carbocycles. The standard InChI is InChI=1S/C14H17NO3/c1-14(2)10(11(14)13(17)18)12(16)15(3)9-7-5-4-6-8-9/h4-8,10-11H,1-3H3,(H,17,18)/t10-,11+/m1/s1. The quantitative estimate of drug-likeness (QED) is 0.888. The summed E-state index contributed by atoms with van der Waals surface area (Å²) in [6.07, 6.45) is 0. The van der Waals surface area contributed by atoms with Crippen LogP contribution in [0.5, 0.6) is 0 Å². The summed E-state index contributed by atoms with van der Waals surface area (Å²) in [6.45, 7) is 3.65. The summed E-state index contributed by atoms with van der Waals surface area (Å²) in [7, 11) is 1.69. The van der Waals surface area contributed by atoms with E-state index in [-0.39, 0.29) is 5.91 Å². The number of benzene rings is 1. The van der Waals surface area contributed by atoms with E-state index < -0.39 is 23.2 Å². The number of rotatable bonds is 3. The molecule has 2 atom stereocenters. The topological polar surface area (TPSA) is 57.6 Å². The van der Waals surface area contributed by atoms with Crippen molar-refractivity contribution in [2.45, 2.75) is 13.8 Å². The second-order valence-corrected chi connectivity index (χ2v) is 5.35. The molecule has 18 heavy (non-hydrogen) atoms. The van der Waals surface area contributed by atoms with E-state index in [1.165, 1.54) is 4.90 Å². The molecule has 1 fully saturated rings. The second-order valence-electron chi connectivity index (χ2n) is 5.35. The minimum atomic E-state index is -0.889. The lowest BCUT2D eigenvalue weighted by Crippen LogP contribution is -2.29. The first-order valence-electron chi connectivity index (χ1n) is 5.92. The molecule has 0 heterocycles. The number of hydrogen-bond acceptors (Lipinski definition) is 2. The van der Waals surface area contributed by atoms with E-state index in [2.05, 4.69) is 0 Å². The summed E-state index contributed by atoms with van der Waals surface area (Å²) >= 11 is 0. The smallest absolute Gasteiger partial charge is 0.307 e. The van der Waals surface area contributed by atoms with Crippen LogP contribution < -0.4 is 4.90 Å². The van der Waals surface area contributed by atoms with Gasteiger partial charge >= 0.3 is 5.97 Å². The average Bonchev–Trinajstić information content (AvgIpc) is 2.92. The van der Waals surface area contributed by atoms with Crippen molar-refractivity contribution in [2.75, 3.05) is 11.9 Å². The predicted molar refractivity (Wildman–Crippen MR) is 68.2 cm³/mol. The van der Waals surface area contributed by atoms with Gasteiger partial charge in [0, 0.05) is 12.7 Å². The van der Waals surface area contributed by atoms with Crippen molar-refractivity contribution in [3.63, 3.8) is 0 Å². The summed E-state index contributed by atoms with van der Waals surface area (Å²) in [5, 5.41) is 9.09. The highest BCUT2D eigenvalue weighted by atomic mass is 16.4. The maximum absolute atomic E-state index is 12.3. The molecular weight excluding hydrogens is 230 g/mol. The van der Waals surface area contributed by atoms with Gasteiger partial charge in [-0.3, -0.25) is 9.59 Å². The first-order valence-corrected chi connectivity index (χ1v) is 5.92. The van der Waals surface area contributed by atoms with Crippen LogP contribution >= 0.6 is 0 Å². The number of para-hydroxylation sites is 1. The largest absolute Gasteiger partial charge is 0.481 e. The van der Waals surface area contributed by atoms with E-state index in [4.69, 9.17) is 5.11 Å². The maximum atomic E-state index is 12.3. The van der Waals surface area contributed by atoms with Crippen molar-refractivity contribution in [1.82, 2.24) is 0 Å². The van der Waals surface area contributed by atoms with Crippen LogP contribution in [-0.4, -0.2) is 24.0 Å². The Bertz CT molecular complexity index is 481. The molecule has 1 amide bonds. The van der Waals surface area contributed by atoms with Crippen molar-refractivity contribution >= 4 is 17.6 Å². The first kappa shape index (κ1) is 12.6. The molecule has 1 aromatic carbocycles. The number of carbonyl (C=O) groups is 2. The molecule has 0 bridgehead atoms. The highest BCUT2D eigenvalue weighted by molar-refractivity contribution is 6.01. The van der Waals surface area contributed by atoms with Crippen LogP contribution in [0.4, 0.5) is 5.69 Å². The Balaban J connectivity index is 2.17. The monoisotopic (exact) mass is 247 g/mol. The summed E-state index contributed by atoms with van der Waals surface area (Å²) in [4.78, 5) is 24.9. The van der Waals surface area contributed by atoms with Crippen molar-refractivity contribution < 1.29 is 14.7 Å². The van der Waals surface area contributed by atoms with Crippen molar-refractivity contribution in [1.29, 1.82) is 0 Å². The summed E-state index contributed by atoms with van der Waals surface area (Å²) in [5.41, 5.74) is 0.334. The Morgan fingerprint density at radius 2 is 1.72 bits per heavy atom. The maximum Gasteiger partial charge on any atom is 0.307 e. The number of carboxylic acids is 1. The van der Waals surface area contributed by atoms with Gasteiger partial charge in [0.15, 0.2) is 0 Å². The third-order valence-electron chi connectivity index (χ3n) is 3.83. The van der Waals surface area contributed by atoms with Crippen LogP contribution in [0.15, 0.2) is 30.3 Å². The number of aliphatic carboxylic acids is 1. The molecule has 2 rings (SSSR count). The predicted octanol–water partition coefficient (Wildman–Crippen LogP) is 2.01. The van der Waals surface area contributed by atoms with Crippen LogP contribution in [0.1, 0.15) is 13.8 Å². The minimum absolute atomic E-state index is 0.126. The zero-order valence-electron chi connectivity index (χ0n) is 10.8. The van der Waals surface area contributed by atoms with Gasteiger partial charge in [0.2, 0.25) is 5.91 Å². The first-order chi connectivity index (χ1) is 8.37. The lowest BCUT2D eigenvalue weighted by Gasteiger charge is -2.18. The minimum Gasteiger partial charge on any atom is -0.481 e. The number of anilines is 1.